The maximum Gasteiger partial charge on any atom is 0.337 e. The number of likely N-dealkylation sites (N-methyl/N-ethyl adjacent to an activating group) is 1. The molecular weight excluding hydrogens is 466 g/mol. The van der Waals surface area contributed by atoms with E-state index in [-0.39, 0.29) is 11.9 Å². The van der Waals surface area contributed by atoms with Gasteiger partial charge in [-0.2, -0.15) is 0 Å². The number of anilines is 1. The van der Waals surface area contributed by atoms with Gasteiger partial charge in [0.05, 0.1) is 25.8 Å². The van der Waals surface area contributed by atoms with Crippen molar-refractivity contribution >= 4 is 17.6 Å². The molecule has 7 nitrogen and oxygen atoms in total. The number of benzene rings is 3. The molecule has 1 N–H and O–H groups in total. The normalized spacial score (nSPS) is 10.9. The zero-order valence-electron chi connectivity index (χ0n) is 22.0. The molecule has 196 valence electrons. The molecule has 1 amide bonds. The number of ether oxygens (including phenoxy) is 2. The maximum absolute atomic E-state index is 12.4. The highest BCUT2D eigenvalue weighted by molar-refractivity contribution is 5.92. The van der Waals surface area contributed by atoms with Crippen LogP contribution in [0.3, 0.4) is 0 Å². The second kappa shape index (κ2) is 14.8. The number of methoxy groups -OCH3 is 1. The highest BCUT2D eigenvalue weighted by Gasteiger charge is 2.09. The summed E-state index contributed by atoms with van der Waals surface area (Å²) in [4.78, 5) is 28.2. The molecule has 0 aliphatic rings. The number of carbonyl (C=O) groups excluding carboxylic acids is 2. The molecule has 0 aliphatic heterocycles. The van der Waals surface area contributed by atoms with E-state index in [9.17, 15) is 9.59 Å². The average molecular weight is 504 g/mol. The molecule has 0 bridgehead atoms. The van der Waals surface area contributed by atoms with Gasteiger partial charge in [-0.25, -0.2) is 4.79 Å². The van der Waals surface area contributed by atoms with Crippen molar-refractivity contribution in [1.82, 2.24) is 9.80 Å². The number of carbonyl (C=O) groups is 2. The molecule has 7 heteroatoms. The molecule has 3 aromatic rings. The van der Waals surface area contributed by atoms with Crippen molar-refractivity contribution in [3.05, 3.63) is 95.6 Å². The summed E-state index contributed by atoms with van der Waals surface area (Å²) in [6.45, 7) is 3.44. The lowest BCUT2D eigenvalue weighted by Gasteiger charge is -2.20. The van der Waals surface area contributed by atoms with Crippen LogP contribution in [0.4, 0.5) is 5.69 Å². The van der Waals surface area contributed by atoms with Gasteiger partial charge in [0.25, 0.3) is 0 Å². The van der Waals surface area contributed by atoms with Crippen molar-refractivity contribution in [2.75, 3.05) is 52.8 Å². The van der Waals surface area contributed by atoms with Crippen LogP contribution in [-0.2, 0) is 22.5 Å². The topological polar surface area (TPSA) is 71.1 Å². The number of hydrogen-bond donors (Lipinski definition) is 1. The second-order valence-corrected chi connectivity index (χ2v) is 9.17. The van der Waals surface area contributed by atoms with E-state index in [2.05, 4.69) is 29.4 Å². The fourth-order valence-electron chi connectivity index (χ4n) is 3.96. The Bertz CT molecular complexity index is 1100. The summed E-state index contributed by atoms with van der Waals surface area (Å²) in [7, 11) is 5.40. The van der Waals surface area contributed by atoms with E-state index >= 15 is 0 Å². The lowest BCUT2D eigenvalue weighted by Crippen LogP contribution is -2.32. The average Bonchev–Trinajstić information content (AvgIpc) is 2.90. The molecule has 3 aromatic carbocycles. The number of amides is 1. The minimum absolute atomic E-state index is 0.0423. The standard InChI is InChI=1S/C30H37N3O4/c1-32(22-25-10-12-26(13-11-25)30(35)36-3)19-7-20-33(2)23-29(34)31-27-14-16-28(17-15-27)37-21-18-24-8-5-4-6-9-24/h4-6,8-17H,7,18-23H2,1-3H3,(H,31,34). The highest BCUT2D eigenvalue weighted by Crippen LogP contribution is 2.16. The summed E-state index contributed by atoms with van der Waals surface area (Å²) >= 11 is 0. The van der Waals surface area contributed by atoms with E-state index in [1.807, 2.05) is 66.5 Å². The van der Waals surface area contributed by atoms with Crippen molar-refractivity contribution in [3.63, 3.8) is 0 Å². The molecule has 0 fully saturated rings. The van der Waals surface area contributed by atoms with Crippen LogP contribution in [-0.4, -0.2) is 69.1 Å². The van der Waals surface area contributed by atoms with Gasteiger partial charge in [0.15, 0.2) is 0 Å². The van der Waals surface area contributed by atoms with Crippen molar-refractivity contribution in [2.24, 2.45) is 0 Å². The Morgan fingerprint density at radius 3 is 2.16 bits per heavy atom. The van der Waals surface area contributed by atoms with Crippen LogP contribution >= 0.6 is 0 Å². The fraction of sp³-hybridized carbons (Fsp3) is 0.333. The maximum atomic E-state index is 12.4. The van der Waals surface area contributed by atoms with Crippen molar-refractivity contribution in [1.29, 1.82) is 0 Å². The smallest absolute Gasteiger partial charge is 0.337 e. The molecular formula is C30H37N3O4. The zero-order valence-corrected chi connectivity index (χ0v) is 22.0. The lowest BCUT2D eigenvalue weighted by atomic mass is 10.1. The Balaban J connectivity index is 1.30. The van der Waals surface area contributed by atoms with Crippen LogP contribution in [0.5, 0.6) is 5.75 Å². The number of rotatable bonds is 14. The Hall–Kier alpha value is -3.68. The summed E-state index contributed by atoms with van der Waals surface area (Å²) in [5.41, 5.74) is 3.69. The van der Waals surface area contributed by atoms with Crippen LogP contribution in [0, 0.1) is 0 Å². The van der Waals surface area contributed by atoms with Gasteiger partial charge in [0.2, 0.25) is 5.91 Å². The van der Waals surface area contributed by atoms with E-state index in [0.29, 0.717) is 18.7 Å². The molecule has 0 spiro atoms. The fourth-order valence-corrected chi connectivity index (χ4v) is 3.96. The summed E-state index contributed by atoms with van der Waals surface area (Å²) in [5.74, 6) is 0.418. The van der Waals surface area contributed by atoms with Gasteiger partial charge in [-0.3, -0.25) is 9.69 Å². The third-order valence-electron chi connectivity index (χ3n) is 5.96. The van der Waals surface area contributed by atoms with Crippen molar-refractivity contribution in [2.45, 2.75) is 19.4 Å². The number of hydrogen-bond acceptors (Lipinski definition) is 6. The van der Waals surface area contributed by atoms with E-state index < -0.39 is 0 Å². The SMILES string of the molecule is COC(=O)c1ccc(CN(C)CCCN(C)CC(=O)Nc2ccc(OCCc3ccccc3)cc2)cc1. The quantitative estimate of drug-likeness (QED) is 0.327. The molecule has 0 aromatic heterocycles. The predicted octanol–water partition coefficient (Wildman–Crippen LogP) is 4.49. The van der Waals surface area contributed by atoms with E-state index in [1.54, 1.807) is 12.1 Å². The monoisotopic (exact) mass is 503 g/mol. The van der Waals surface area contributed by atoms with Crippen LogP contribution in [0.25, 0.3) is 0 Å². The minimum Gasteiger partial charge on any atom is -0.493 e. The second-order valence-electron chi connectivity index (χ2n) is 9.17. The summed E-state index contributed by atoms with van der Waals surface area (Å²) < 4.78 is 10.5. The summed E-state index contributed by atoms with van der Waals surface area (Å²) in [6, 6.07) is 25.2. The van der Waals surface area contributed by atoms with Gasteiger partial charge in [-0.05, 0) is 81.1 Å². The first-order chi connectivity index (χ1) is 17.9. The van der Waals surface area contributed by atoms with Crippen LogP contribution < -0.4 is 10.1 Å². The van der Waals surface area contributed by atoms with Gasteiger partial charge in [-0.15, -0.1) is 0 Å². The Morgan fingerprint density at radius 2 is 1.49 bits per heavy atom. The molecule has 3 rings (SSSR count). The molecule has 0 radical (unpaired) electrons. The number of nitrogens with zero attached hydrogens (tertiary/aromatic N) is 2. The summed E-state index contributed by atoms with van der Waals surface area (Å²) in [6.07, 6.45) is 1.79. The molecule has 0 saturated heterocycles. The summed E-state index contributed by atoms with van der Waals surface area (Å²) in [5, 5.41) is 2.95. The molecule has 0 heterocycles. The predicted molar refractivity (Wildman–Crippen MR) is 147 cm³/mol. The van der Waals surface area contributed by atoms with Crippen LogP contribution in [0.2, 0.25) is 0 Å². The molecule has 0 atom stereocenters. The minimum atomic E-state index is -0.326. The first-order valence-corrected chi connectivity index (χ1v) is 12.5. The Labute approximate surface area is 220 Å². The third kappa shape index (κ3) is 10.1. The van der Waals surface area contributed by atoms with E-state index in [1.165, 1.54) is 12.7 Å². The zero-order chi connectivity index (χ0) is 26.5. The van der Waals surface area contributed by atoms with Gasteiger partial charge in [0.1, 0.15) is 5.75 Å². The molecule has 0 aliphatic carbocycles. The van der Waals surface area contributed by atoms with Crippen LogP contribution in [0.1, 0.15) is 27.9 Å². The van der Waals surface area contributed by atoms with Gasteiger partial charge in [0, 0.05) is 18.7 Å². The molecule has 0 saturated carbocycles. The Morgan fingerprint density at radius 1 is 0.811 bits per heavy atom. The van der Waals surface area contributed by atoms with E-state index in [0.717, 1.165) is 49.5 Å². The van der Waals surface area contributed by atoms with Crippen molar-refractivity contribution in [3.8, 4) is 5.75 Å². The largest absolute Gasteiger partial charge is 0.493 e. The number of nitrogens with one attached hydrogen (secondary N) is 1. The van der Waals surface area contributed by atoms with Crippen LogP contribution in [0.15, 0.2) is 78.9 Å². The third-order valence-corrected chi connectivity index (χ3v) is 5.96. The van der Waals surface area contributed by atoms with Gasteiger partial charge < -0.3 is 19.7 Å². The lowest BCUT2D eigenvalue weighted by molar-refractivity contribution is -0.117. The first-order valence-electron chi connectivity index (χ1n) is 12.5. The Kier molecular flexibility index (Phi) is 11.1. The molecule has 37 heavy (non-hydrogen) atoms. The molecule has 0 unspecified atom stereocenters. The van der Waals surface area contributed by atoms with E-state index in [4.69, 9.17) is 9.47 Å². The van der Waals surface area contributed by atoms with Crippen molar-refractivity contribution < 1.29 is 19.1 Å². The number of esters is 1. The van der Waals surface area contributed by atoms with Gasteiger partial charge >= 0.3 is 5.97 Å². The highest BCUT2D eigenvalue weighted by atomic mass is 16.5. The van der Waals surface area contributed by atoms with Gasteiger partial charge in [-0.1, -0.05) is 42.5 Å². The first kappa shape index (κ1) is 27.9.